The summed E-state index contributed by atoms with van der Waals surface area (Å²) in [5.41, 5.74) is 1.69. The van der Waals surface area contributed by atoms with Crippen LogP contribution in [-0.2, 0) is 29.6 Å². The Morgan fingerprint density at radius 3 is 1.55 bits per heavy atom. The molecule has 2 aromatic carbocycles. The van der Waals surface area contributed by atoms with Gasteiger partial charge in [-0.05, 0) is 52.0 Å². The number of carbonyl (C=O) groups excluding carboxylic acids is 1. The molecule has 7 nitrogen and oxygen atoms in total. The lowest BCUT2D eigenvalue weighted by molar-refractivity contribution is -0.133. The summed E-state index contributed by atoms with van der Waals surface area (Å²) >= 11 is 0. The lowest BCUT2D eigenvalue weighted by Gasteiger charge is -2.29. The van der Waals surface area contributed by atoms with E-state index in [0.29, 0.717) is 3.71 Å². The summed E-state index contributed by atoms with van der Waals surface area (Å²) in [6.07, 6.45) is -0.652. The molecular weight excluding hydrogens is 414 g/mol. The number of benzene rings is 2. The largest absolute Gasteiger partial charge is 0.465 e. The van der Waals surface area contributed by atoms with Gasteiger partial charge >= 0.3 is 0 Å². The number of nitrogens with zero attached hydrogens (tertiary/aromatic N) is 1. The summed E-state index contributed by atoms with van der Waals surface area (Å²) in [5.74, 6) is 0. The predicted molar refractivity (Wildman–Crippen MR) is 109 cm³/mol. The van der Waals surface area contributed by atoms with E-state index in [4.69, 9.17) is 4.74 Å². The Bertz CT molecular complexity index is 970. The van der Waals surface area contributed by atoms with Gasteiger partial charge in [-0.3, -0.25) is 4.79 Å². The Morgan fingerprint density at radius 2 is 1.21 bits per heavy atom. The molecule has 0 amide bonds. The molecule has 0 aromatic heterocycles. The third kappa shape index (κ3) is 5.23. The second-order valence-corrected chi connectivity index (χ2v) is 10.9. The van der Waals surface area contributed by atoms with Gasteiger partial charge in [0.05, 0.1) is 9.79 Å². The Balaban J connectivity index is 2.60. The zero-order valence-corrected chi connectivity index (χ0v) is 18.4. The number of hydrogen-bond acceptors (Lipinski definition) is 6. The third-order valence-electron chi connectivity index (χ3n) is 4.43. The monoisotopic (exact) mass is 439 g/mol. The van der Waals surface area contributed by atoms with Crippen LogP contribution in [0.5, 0.6) is 0 Å². The van der Waals surface area contributed by atoms with Gasteiger partial charge in [-0.1, -0.05) is 39.1 Å². The van der Waals surface area contributed by atoms with Crippen LogP contribution in [0, 0.1) is 13.8 Å². The van der Waals surface area contributed by atoms with E-state index in [1.807, 2.05) is 0 Å². The molecule has 9 heteroatoms. The first-order valence-corrected chi connectivity index (χ1v) is 11.9. The normalized spacial score (nSPS) is 14.4. The predicted octanol–water partition coefficient (Wildman–Crippen LogP) is 3.02. The van der Waals surface area contributed by atoms with Crippen molar-refractivity contribution >= 4 is 26.5 Å². The summed E-state index contributed by atoms with van der Waals surface area (Å²) in [7, 11) is -8.78. The molecule has 0 bridgehead atoms. The SMILES string of the molecule is Cc1ccc(S(=O)(=O)N(C(C)CC(C)OC=O)S(=O)(=O)c2ccc(C)cc2)cc1. The quantitative estimate of drug-likeness (QED) is 0.557. The molecule has 0 heterocycles. The second-order valence-electron chi connectivity index (χ2n) is 6.99. The molecule has 2 atom stereocenters. The highest BCUT2D eigenvalue weighted by atomic mass is 32.3. The number of hydrogen-bond donors (Lipinski definition) is 0. The van der Waals surface area contributed by atoms with Crippen molar-refractivity contribution in [2.75, 3.05) is 0 Å². The Hall–Kier alpha value is -2.23. The number of aryl methyl sites for hydroxylation is 2. The average molecular weight is 440 g/mol. The molecule has 2 unspecified atom stereocenters. The van der Waals surface area contributed by atoms with Crippen LogP contribution >= 0.6 is 0 Å². The molecule has 0 aliphatic carbocycles. The number of sulfonamides is 2. The highest BCUT2D eigenvalue weighted by Gasteiger charge is 2.40. The topological polar surface area (TPSA) is 97.8 Å². The highest BCUT2D eigenvalue weighted by Crippen LogP contribution is 2.29. The summed E-state index contributed by atoms with van der Waals surface area (Å²) in [4.78, 5) is 10.3. The van der Waals surface area contributed by atoms with Gasteiger partial charge in [0.15, 0.2) is 0 Å². The minimum atomic E-state index is -4.39. The van der Waals surface area contributed by atoms with Crippen LogP contribution in [0.15, 0.2) is 58.3 Å². The molecule has 0 spiro atoms. The van der Waals surface area contributed by atoms with Crippen LogP contribution in [0.4, 0.5) is 0 Å². The number of carbonyl (C=O) groups is 1. The minimum absolute atomic E-state index is 0.00885. The third-order valence-corrected chi connectivity index (χ3v) is 9.01. The molecule has 29 heavy (non-hydrogen) atoms. The van der Waals surface area contributed by atoms with Crippen LogP contribution in [0.1, 0.15) is 31.4 Å². The van der Waals surface area contributed by atoms with Gasteiger partial charge < -0.3 is 4.74 Å². The molecule has 0 saturated carbocycles. The van der Waals surface area contributed by atoms with Crippen molar-refractivity contribution in [3.8, 4) is 0 Å². The van der Waals surface area contributed by atoms with Crippen molar-refractivity contribution in [1.29, 1.82) is 0 Å². The molecule has 0 fully saturated rings. The van der Waals surface area contributed by atoms with Crippen LogP contribution in [0.25, 0.3) is 0 Å². The van der Waals surface area contributed by atoms with Crippen molar-refractivity contribution < 1.29 is 26.4 Å². The Morgan fingerprint density at radius 1 is 0.828 bits per heavy atom. The van der Waals surface area contributed by atoms with Gasteiger partial charge in [-0.2, -0.15) is 0 Å². The molecular formula is C20H25NO6S2. The van der Waals surface area contributed by atoms with Gasteiger partial charge in [0.2, 0.25) is 0 Å². The van der Waals surface area contributed by atoms with Crippen molar-refractivity contribution in [3.05, 3.63) is 59.7 Å². The molecule has 2 rings (SSSR count). The van der Waals surface area contributed by atoms with Crippen LogP contribution in [0.2, 0.25) is 0 Å². The summed E-state index contributed by atoms with van der Waals surface area (Å²) in [6, 6.07) is 10.9. The van der Waals surface area contributed by atoms with Crippen LogP contribution in [-0.4, -0.2) is 39.2 Å². The number of rotatable bonds is 9. The fourth-order valence-corrected chi connectivity index (χ4v) is 6.99. The molecule has 0 saturated heterocycles. The van der Waals surface area contributed by atoms with E-state index in [-0.39, 0.29) is 22.7 Å². The molecule has 0 N–H and O–H groups in total. The number of ether oxygens (including phenoxy) is 1. The van der Waals surface area contributed by atoms with Gasteiger partial charge in [0.25, 0.3) is 26.5 Å². The summed E-state index contributed by atoms with van der Waals surface area (Å²) in [5, 5.41) is 0. The molecule has 158 valence electrons. The molecule has 2 aromatic rings. The lowest BCUT2D eigenvalue weighted by atomic mass is 10.2. The van der Waals surface area contributed by atoms with Crippen LogP contribution in [0.3, 0.4) is 0 Å². The maximum absolute atomic E-state index is 13.3. The fraction of sp³-hybridized carbons (Fsp3) is 0.350. The van der Waals surface area contributed by atoms with E-state index in [2.05, 4.69) is 0 Å². The zero-order valence-electron chi connectivity index (χ0n) is 16.8. The Labute approximate surface area is 172 Å². The smallest absolute Gasteiger partial charge is 0.293 e. The van der Waals surface area contributed by atoms with Gasteiger partial charge in [-0.25, -0.2) is 16.8 Å². The maximum atomic E-state index is 13.3. The molecule has 0 aliphatic rings. The fourth-order valence-electron chi connectivity index (χ4n) is 2.95. The van der Waals surface area contributed by atoms with E-state index in [9.17, 15) is 21.6 Å². The molecule has 0 aliphatic heterocycles. The second kappa shape index (κ2) is 9.06. The summed E-state index contributed by atoms with van der Waals surface area (Å²) in [6.45, 7) is 6.91. The van der Waals surface area contributed by atoms with Crippen molar-refractivity contribution in [2.45, 2.75) is 56.1 Å². The van der Waals surface area contributed by atoms with Gasteiger partial charge in [0, 0.05) is 12.5 Å². The van der Waals surface area contributed by atoms with Crippen molar-refractivity contribution in [1.82, 2.24) is 3.71 Å². The average Bonchev–Trinajstić information content (AvgIpc) is 2.62. The van der Waals surface area contributed by atoms with E-state index in [1.165, 1.54) is 31.2 Å². The van der Waals surface area contributed by atoms with Gasteiger partial charge in [-0.15, -0.1) is 0 Å². The Kier molecular flexibility index (Phi) is 7.20. The van der Waals surface area contributed by atoms with E-state index in [1.54, 1.807) is 45.0 Å². The van der Waals surface area contributed by atoms with Gasteiger partial charge in [0.1, 0.15) is 6.10 Å². The minimum Gasteiger partial charge on any atom is -0.465 e. The van der Waals surface area contributed by atoms with Crippen LogP contribution < -0.4 is 0 Å². The first kappa shape index (κ1) is 23.1. The van der Waals surface area contributed by atoms with E-state index < -0.39 is 32.2 Å². The van der Waals surface area contributed by atoms with E-state index >= 15 is 0 Å². The summed E-state index contributed by atoms with van der Waals surface area (Å²) < 4.78 is 58.7. The standard InChI is InChI=1S/C20H25NO6S2/c1-15-5-9-19(10-6-15)28(23,24)21(17(3)13-18(4)27-14-22)29(25,26)20-11-7-16(2)8-12-20/h5-12,14,17-18H,13H2,1-4H3. The van der Waals surface area contributed by atoms with E-state index in [0.717, 1.165) is 11.1 Å². The van der Waals surface area contributed by atoms with Crippen molar-refractivity contribution in [2.24, 2.45) is 0 Å². The maximum Gasteiger partial charge on any atom is 0.293 e. The van der Waals surface area contributed by atoms with Crippen molar-refractivity contribution in [3.63, 3.8) is 0 Å². The lowest BCUT2D eigenvalue weighted by Crippen LogP contribution is -2.44. The molecule has 0 radical (unpaired) electrons. The highest BCUT2D eigenvalue weighted by molar-refractivity contribution is 8.04. The first-order chi connectivity index (χ1) is 13.5. The zero-order chi connectivity index (χ0) is 21.8. The first-order valence-electron chi connectivity index (χ1n) is 9.02.